The van der Waals surface area contributed by atoms with Gasteiger partial charge in [-0.25, -0.2) is 0 Å². The van der Waals surface area contributed by atoms with E-state index in [1.807, 2.05) is 43.3 Å². The van der Waals surface area contributed by atoms with E-state index >= 15 is 0 Å². The third-order valence-electron chi connectivity index (χ3n) is 5.26. The van der Waals surface area contributed by atoms with E-state index in [2.05, 4.69) is 24.1 Å². The van der Waals surface area contributed by atoms with Gasteiger partial charge < -0.3 is 9.47 Å². The predicted octanol–water partition coefficient (Wildman–Crippen LogP) is 4.03. The molecule has 2 aromatic carbocycles. The SMILES string of the molecule is COc1ccc([C@@H]2CC(=O)[C@@H](C)[C@H](c3ccc(OC)cc3)N2C)cc1. The highest BCUT2D eigenvalue weighted by atomic mass is 16.5. The van der Waals surface area contributed by atoms with Crippen LogP contribution in [-0.2, 0) is 4.79 Å². The molecule has 0 saturated carbocycles. The zero-order valence-electron chi connectivity index (χ0n) is 15.2. The lowest BCUT2D eigenvalue weighted by atomic mass is 9.80. The van der Waals surface area contributed by atoms with Crippen molar-refractivity contribution in [2.24, 2.45) is 5.92 Å². The number of nitrogens with zero attached hydrogens (tertiary/aromatic N) is 1. The second kappa shape index (κ2) is 7.28. The Morgan fingerprint density at radius 2 is 1.36 bits per heavy atom. The molecule has 3 atom stereocenters. The average molecular weight is 339 g/mol. The molecule has 2 aromatic rings. The standard InChI is InChI=1S/C21H25NO3/c1-14-20(23)13-19(15-5-9-17(24-3)10-6-15)22(2)21(14)16-7-11-18(25-4)12-8-16/h5-12,14,19,21H,13H2,1-4H3/t14-,19+,21-/m1/s1. The summed E-state index contributed by atoms with van der Waals surface area (Å²) in [6.45, 7) is 2.03. The summed E-state index contributed by atoms with van der Waals surface area (Å²) in [5, 5.41) is 0. The van der Waals surface area contributed by atoms with Gasteiger partial charge in [-0.2, -0.15) is 0 Å². The number of carbonyl (C=O) groups excluding carboxylic acids is 1. The Morgan fingerprint density at radius 3 is 1.84 bits per heavy atom. The summed E-state index contributed by atoms with van der Waals surface area (Å²) in [4.78, 5) is 15.0. The second-order valence-corrected chi connectivity index (χ2v) is 6.63. The molecule has 25 heavy (non-hydrogen) atoms. The molecule has 0 N–H and O–H groups in total. The maximum atomic E-state index is 12.7. The Morgan fingerprint density at radius 1 is 0.880 bits per heavy atom. The Hall–Kier alpha value is -2.33. The molecule has 0 aromatic heterocycles. The molecular formula is C21H25NO3. The minimum absolute atomic E-state index is 0.0344. The fraction of sp³-hybridized carbons (Fsp3) is 0.381. The van der Waals surface area contributed by atoms with Crippen molar-refractivity contribution in [2.75, 3.05) is 21.3 Å². The van der Waals surface area contributed by atoms with Crippen molar-refractivity contribution in [3.63, 3.8) is 0 Å². The molecule has 4 nitrogen and oxygen atoms in total. The average Bonchev–Trinajstić information content (AvgIpc) is 2.65. The van der Waals surface area contributed by atoms with Crippen molar-refractivity contribution < 1.29 is 14.3 Å². The number of carbonyl (C=O) groups is 1. The predicted molar refractivity (Wildman–Crippen MR) is 98.0 cm³/mol. The van der Waals surface area contributed by atoms with E-state index in [0.29, 0.717) is 12.2 Å². The van der Waals surface area contributed by atoms with Crippen molar-refractivity contribution >= 4 is 5.78 Å². The van der Waals surface area contributed by atoms with Gasteiger partial charge in [0.15, 0.2) is 0 Å². The molecule has 0 radical (unpaired) electrons. The maximum absolute atomic E-state index is 12.7. The van der Waals surface area contributed by atoms with Gasteiger partial charge in [0.25, 0.3) is 0 Å². The highest BCUT2D eigenvalue weighted by molar-refractivity contribution is 5.83. The number of piperidine rings is 1. The van der Waals surface area contributed by atoms with Crippen LogP contribution in [0.25, 0.3) is 0 Å². The van der Waals surface area contributed by atoms with E-state index in [9.17, 15) is 4.79 Å². The van der Waals surface area contributed by atoms with Crippen molar-refractivity contribution in [1.82, 2.24) is 4.90 Å². The first-order valence-corrected chi connectivity index (χ1v) is 8.57. The normalized spacial score (nSPS) is 24.2. The molecular weight excluding hydrogens is 314 g/mol. The van der Waals surface area contributed by atoms with E-state index in [-0.39, 0.29) is 18.0 Å². The highest BCUT2D eigenvalue weighted by Gasteiger charge is 2.39. The number of hydrogen-bond acceptors (Lipinski definition) is 4. The first kappa shape index (κ1) is 17.5. The second-order valence-electron chi connectivity index (χ2n) is 6.63. The van der Waals surface area contributed by atoms with E-state index < -0.39 is 0 Å². The van der Waals surface area contributed by atoms with Crippen LogP contribution in [0, 0.1) is 5.92 Å². The lowest BCUT2D eigenvalue weighted by molar-refractivity contribution is -0.130. The van der Waals surface area contributed by atoms with Crippen LogP contribution in [0.1, 0.15) is 36.6 Å². The minimum Gasteiger partial charge on any atom is -0.497 e. The first-order chi connectivity index (χ1) is 12.0. The lowest BCUT2D eigenvalue weighted by Crippen LogP contribution is -2.42. The molecule has 3 rings (SSSR count). The number of Topliss-reactive ketones (excluding diaryl/α,β-unsaturated/α-hetero) is 1. The number of ether oxygens (including phenoxy) is 2. The molecule has 132 valence electrons. The Labute approximate surface area is 149 Å². The molecule has 1 aliphatic heterocycles. The molecule has 0 amide bonds. The summed E-state index contributed by atoms with van der Waals surface area (Å²) in [5.74, 6) is 1.93. The number of rotatable bonds is 4. The molecule has 0 aliphatic carbocycles. The van der Waals surface area contributed by atoms with Crippen LogP contribution in [0.15, 0.2) is 48.5 Å². The molecule has 1 aliphatic rings. The van der Waals surface area contributed by atoms with E-state index in [1.54, 1.807) is 14.2 Å². The summed E-state index contributed by atoms with van der Waals surface area (Å²) in [7, 11) is 5.42. The largest absolute Gasteiger partial charge is 0.497 e. The van der Waals surface area contributed by atoms with Gasteiger partial charge in [0.2, 0.25) is 0 Å². The zero-order chi connectivity index (χ0) is 18.0. The van der Waals surface area contributed by atoms with Gasteiger partial charge in [0.05, 0.1) is 14.2 Å². The summed E-state index contributed by atoms with van der Waals surface area (Å²) in [5.41, 5.74) is 2.28. The third-order valence-corrected chi connectivity index (χ3v) is 5.26. The monoisotopic (exact) mass is 339 g/mol. The van der Waals surface area contributed by atoms with Crippen molar-refractivity contribution in [2.45, 2.75) is 25.4 Å². The fourth-order valence-electron chi connectivity index (χ4n) is 3.75. The number of methoxy groups -OCH3 is 2. The fourth-order valence-corrected chi connectivity index (χ4v) is 3.75. The third kappa shape index (κ3) is 3.40. The Balaban J connectivity index is 1.92. The van der Waals surface area contributed by atoms with Gasteiger partial charge in [0, 0.05) is 24.4 Å². The number of benzene rings is 2. The topological polar surface area (TPSA) is 38.8 Å². The smallest absolute Gasteiger partial charge is 0.139 e. The minimum atomic E-state index is -0.0344. The van der Waals surface area contributed by atoms with Gasteiger partial charge in [-0.05, 0) is 42.4 Å². The van der Waals surface area contributed by atoms with Crippen LogP contribution in [0.5, 0.6) is 11.5 Å². The van der Waals surface area contributed by atoms with Crippen LogP contribution in [-0.4, -0.2) is 32.0 Å². The van der Waals surface area contributed by atoms with Gasteiger partial charge >= 0.3 is 0 Å². The Kier molecular flexibility index (Phi) is 5.09. The van der Waals surface area contributed by atoms with Crippen LogP contribution in [0.2, 0.25) is 0 Å². The summed E-state index contributed by atoms with van der Waals surface area (Å²) >= 11 is 0. The lowest BCUT2D eigenvalue weighted by Gasteiger charge is -2.43. The maximum Gasteiger partial charge on any atom is 0.139 e. The highest BCUT2D eigenvalue weighted by Crippen LogP contribution is 2.42. The van der Waals surface area contributed by atoms with Crippen molar-refractivity contribution in [1.29, 1.82) is 0 Å². The molecule has 1 heterocycles. The number of ketones is 1. The molecule has 1 saturated heterocycles. The van der Waals surface area contributed by atoms with Crippen molar-refractivity contribution in [3.05, 3.63) is 59.7 Å². The van der Waals surface area contributed by atoms with E-state index in [1.165, 1.54) is 0 Å². The number of hydrogen-bond donors (Lipinski definition) is 0. The van der Waals surface area contributed by atoms with Gasteiger partial charge in [0.1, 0.15) is 17.3 Å². The van der Waals surface area contributed by atoms with Crippen LogP contribution in [0.3, 0.4) is 0 Å². The van der Waals surface area contributed by atoms with Crippen LogP contribution < -0.4 is 9.47 Å². The van der Waals surface area contributed by atoms with Crippen molar-refractivity contribution in [3.8, 4) is 11.5 Å². The molecule has 4 heteroatoms. The van der Waals surface area contributed by atoms with E-state index in [0.717, 1.165) is 22.6 Å². The van der Waals surface area contributed by atoms with E-state index in [4.69, 9.17) is 9.47 Å². The molecule has 0 spiro atoms. The summed E-state index contributed by atoms with van der Waals surface area (Å²) in [6.07, 6.45) is 0.538. The summed E-state index contributed by atoms with van der Waals surface area (Å²) < 4.78 is 10.5. The molecule has 0 unspecified atom stereocenters. The van der Waals surface area contributed by atoms with Gasteiger partial charge in [-0.3, -0.25) is 9.69 Å². The first-order valence-electron chi connectivity index (χ1n) is 8.57. The quantitative estimate of drug-likeness (QED) is 0.843. The Bertz CT molecular complexity index is 724. The summed E-state index contributed by atoms with van der Waals surface area (Å²) in [6, 6.07) is 16.2. The molecule has 1 fully saturated rings. The van der Waals surface area contributed by atoms with Gasteiger partial charge in [-0.1, -0.05) is 31.2 Å². The zero-order valence-corrected chi connectivity index (χ0v) is 15.2. The van der Waals surface area contributed by atoms with Gasteiger partial charge in [-0.15, -0.1) is 0 Å². The number of likely N-dealkylation sites (tertiary alicyclic amines) is 1. The van der Waals surface area contributed by atoms with Crippen LogP contribution >= 0.6 is 0 Å². The molecule has 0 bridgehead atoms. The van der Waals surface area contributed by atoms with Crippen LogP contribution in [0.4, 0.5) is 0 Å².